The van der Waals surface area contributed by atoms with Crippen LogP contribution in [0, 0.1) is 40.9 Å². The molecule has 37 heavy (non-hydrogen) atoms. The summed E-state index contributed by atoms with van der Waals surface area (Å²) in [5.74, 6) is -6.06. The summed E-state index contributed by atoms with van der Waals surface area (Å²) in [6, 6.07) is 8.62. The predicted octanol–water partition coefficient (Wildman–Crippen LogP) is 8.24. The predicted molar refractivity (Wildman–Crippen MR) is 113 cm³/mol. The highest BCUT2D eigenvalue weighted by Crippen LogP contribution is 2.38. The molecular weight excluding hydrogens is 518 g/mol. The van der Waals surface area contributed by atoms with E-state index in [2.05, 4.69) is 4.74 Å². The Hall–Kier alpha value is -4.20. The first-order valence-corrected chi connectivity index (χ1v) is 10.1. The van der Waals surface area contributed by atoms with Gasteiger partial charge in [-0.25, -0.2) is 22.0 Å². The number of halogens is 10. The van der Waals surface area contributed by atoms with Crippen LogP contribution in [-0.2, 0) is 6.11 Å². The maximum absolute atomic E-state index is 14.8. The van der Waals surface area contributed by atoms with Gasteiger partial charge in [-0.3, -0.25) is 0 Å². The molecule has 4 aromatic carbocycles. The Morgan fingerprint density at radius 1 is 0.676 bits per heavy atom. The van der Waals surface area contributed by atoms with Gasteiger partial charge < -0.3 is 4.74 Å². The highest BCUT2D eigenvalue weighted by Gasteiger charge is 2.41. The number of fused-ring (bicyclic) bond motifs is 1. The van der Waals surface area contributed by atoms with Crippen molar-refractivity contribution in [3.8, 4) is 28.7 Å². The van der Waals surface area contributed by atoms with Crippen molar-refractivity contribution in [3.63, 3.8) is 0 Å². The Morgan fingerprint density at radius 2 is 1.32 bits per heavy atom. The smallest absolute Gasteiger partial charge is 0.429 e. The second-order valence-electron chi connectivity index (χ2n) is 7.59. The van der Waals surface area contributed by atoms with E-state index in [1.807, 2.05) is 0 Å². The Morgan fingerprint density at radius 3 is 1.95 bits per heavy atom. The van der Waals surface area contributed by atoms with Crippen molar-refractivity contribution in [1.82, 2.24) is 0 Å². The number of benzene rings is 4. The van der Waals surface area contributed by atoms with Gasteiger partial charge in [-0.15, -0.1) is 0 Å². The van der Waals surface area contributed by atoms with Crippen molar-refractivity contribution in [1.29, 1.82) is 0 Å². The fourth-order valence-corrected chi connectivity index (χ4v) is 3.52. The van der Waals surface area contributed by atoms with Gasteiger partial charge in [0.1, 0.15) is 40.4 Å². The molecule has 0 fully saturated rings. The lowest BCUT2D eigenvalue weighted by molar-refractivity contribution is -0.189. The zero-order valence-corrected chi connectivity index (χ0v) is 18.0. The second kappa shape index (κ2) is 9.35. The summed E-state index contributed by atoms with van der Waals surface area (Å²) in [6.45, 7) is 0. The van der Waals surface area contributed by atoms with Crippen LogP contribution in [0.25, 0.3) is 21.9 Å². The first kappa shape index (κ1) is 25.9. The lowest BCUT2D eigenvalue weighted by Gasteiger charge is -2.20. The SMILES string of the molecule is Fc1ccccc1-c1cc(F)c(C(F)(F)Oc2ccc3c(F)c(C#CC(F)(F)F)c(F)cc3c2)c(F)c1. The molecule has 0 saturated heterocycles. The van der Waals surface area contributed by atoms with Crippen LogP contribution in [0.15, 0.2) is 60.7 Å². The van der Waals surface area contributed by atoms with Gasteiger partial charge in [0, 0.05) is 16.9 Å². The first-order valence-electron chi connectivity index (χ1n) is 10.1. The Bertz CT molecular complexity index is 1560. The van der Waals surface area contributed by atoms with E-state index in [4.69, 9.17) is 0 Å². The molecule has 0 N–H and O–H groups in total. The highest BCUT2D eigenvalue weighted by molar-refractivity contribution is 5.86. The first-order chi connectivity index (χ1) is 17.3. The van der Waals surface area contributed by atoms with Crippen molar-refractivity contribution in [3.05, 3.63) is 101 Å². The third-order valence-corrected chi connectivity index (χ3v) is 5.09. The van der Waals surface area contributed by atoms with Crippen molar-refractivity contribution in [2.75, 3.05) is 0 Å². The zero-order chi connectivity index (χ0) is 27.1. The molecule has 0 atom stereocenters. The molecule has 0 unspecified atom stereocenters. The van der Waals surface area contributed by atoms with Crippen LogP contribution in [0.4, 0.5) is 43.9 Å². The molecule has 0 aromatic heterocycles. The molecule has 1 nitrogen and oxygen atoms in total. The number of alkyl halides is 5. The molecule has 0 aliphatic heterocycles. The van der Waals surface area contributed by atoms with Crippen LogP contribution in [0.3, 0.4) is 0 Å². The summed E-state index contributed by atoms with van der Waals surface area (Å²) in [4.78, 5) is 0. The van der Waals surface area contributed by atoms with Crippen LogP contribution in [0.2, 0.25) is 0 Å². The maximum atomic E-state index is 14.8. The molecule has 0 radical (unpaired) electrons. The molecule has 0 amide bonds. The van der Waals surface area contributed by atoms with E-state index in [-0.39, 0.29) is 11.1 Å². The molecule has 0 heterocycles. The molecular formula is C26H10F10O. The number of hydrogen-bond acceptors (Lipinski definition) is 1. The molecule has 0 saturated carbocycles. The molecule has 4 aromatic rings. The average Bonchev–Trinajstić information content (AvgIpc) is 2.77. The summed E-state index contributed by atoms with van der Waals surface area (Å²) in [5.41, 5.74) is -3.59. The van der Waals surface area contributed by atoms with Crippen LogP contribution in [0.5, 0.6) is 5.75 Å². The van der Waals surface area contributed by atoms with E-state index in [1.165, 1.54) is 24.1 Å². The van der Waals surface area contributed by atoms with E-state index in [9.17, 15) is 43.9 Å². The summed E-state index contributed by atoms with van der Waals surface area (Å²) >= 11 is 0. The van der Waals surface area contributed by atoms with Gasteiger partial charge in [0.2, 0.25) is 0 Å². The van der Waals surface area contributed by atoms with Gasteiger partial charge in [-0.05, 0) is 53.4 Å². The minimum Gasteiger partial charge on any atom is -0.429 e. The third kappa shape index (κ3) is 5.33. The summed E-state index contributed by atoms with van der Waals surface area (Å²) in [6.07, 6.45) is -9.65. The lowest BCUT2D eigenvalue weighted by Crippen LogP contribution is -2.25. The van der Waals surface area contributed by atoms with Crippen LogP contribution in [0.1, 0.15) is 11.1 Å². The molecule has 0 bridgehead atoms. The zero-order valence-electron chi connectivity index (χ0n) is 18.0. The molecule has 0 spiro atoms. The summed E-state index contributed by atoms with van der Waals surface area (Å²) in [5, 5.41) is -0.883. The minimum atomic E-state index is -5.02. The Balaban J connectivity index is 1.70. The largest absolute Gasteiger partial charge is 0.458 e. The van der Waals surface area contributed by atoms with Crippen molar-refractivity contribution < 1.29 is 48.6 Å². The van der Waals surface area contributed by atoms with Crippen molar-refractivity contribution in [2.45, 2.75) is 12.3 Å². The molecule has 4 rings (SSSR count). The van der Waals surface area contributed by atoms with Crippen molar-refractivity contribution in [2.24, 2.45) is 0 Å². The van der Waals surface area contributed by atoms with E-state index in [1.54, 1.807) is 0 Å². The van der Waals surface area contributed by atoms with E-state index in [0.29, 0.717) is 24.3 Å². The quantitative estimate of drug-likeness (QED) is 0.192. The van der Waals surface area contributed by atoms with Crippen LogP contribution in [-0.4, -0.2) is 6.18 Å². The second-order valence-corrected chi connectivity index (χ2v) is 7.59. The molecule has 190 valence electrons. The highest BCUT2D eigenvalue weighted by atomic mass is 19.4. The number of rotatable bonds is 4. The third-order valence-electron chi connectivity index (χ3n) is 5.09. The maximum Gasteiger partial charge on any atom is 0.458 e. The molecule has 11 heteroatoms. The fourth-order valence-electron chi connectivity index (χ4n) is 3.52. The minimum absolute atomic E-state index is 0.242. The molecule has 0 aliphatic carbocycles. The topological polar surface area (TPSA) is 9.23 Å². The monoisotopic (exact) mass is 528 g/mol. The van der Waals surface area contributed by atoms with Gasteiger partial charge in [0.05, 0.1) is 5.56 Å². The number of hydrogen-bond donors (Lipinski definition) is 0. The number of ether oxygens (including phenoxy) is 1. The lowest BCUT2D eigenvalue weighted by atomic mass is 10.0. The average molecular weight is 528 g/mol. The Kier molecular flexibility index (Phi) is 6.54. The Labute approximate surface area is 201 Å². The van der Waals surface area contributed by atoms with Gasteiger partial charge >= 0.3 is 12.3 Å². The fraction of sp³-hybridized carbons (Fsp3) is 0.0769. The van der Waals surface area contributed by atoms with Gasteiger partial charge in [-0.1, -0.05) is 24.1 Å². The van der Waals surface area contributed by atoms with E-state index < -0.39 is 69.0 Å². The van der Waals surface area contributed by atoms with Gasteiger partial charge in [0.15, 0.2) is 0 Å². The van der Waals surface area contributed by atoms with Gasteiger partial charge in [-0.2, -0.15) is 22.0 Å². The van der Waals surface area contributed by atoms with Crippen LogP contribution < -0.4 is 4.74 Å². The standard InChI is InChI=1S/C26H10F10O/c27-19-4-2-1-3-16(19)14-11-21(29)23(22(30)12-14)26(35,36)37-15-5-6-17-13(9-15)10-20(28)18(24(17)31)7-8-25(32,33)34/h1-6,9-12H. The normalized spacial score (nSPS) is 11.8. The summed E-state index contributed by atoms with van der Waals surface area (Å²) in [7, 11) is 0. The van der Waals surface area contributed by atoms with Crippen LogP contribution >= 0.6 is 0 Å². The van der Waals surface area contributed by atoms with Crippen molar-refractivity contribution >= 4 is 10.8 Å². The summed E-state index contributed by atoms with van der Waals surface area (Å²) < 4.78 is 143. The van der Waals surface area contributed by atoms with Gasteiger partial charge in [0.25, 0.3) is 0 Å². The van der Waals surface area contributed by atoms with E-state index in [0.717, 1.165) is 24.1 Å². The molecule has 0 aliphatic rings. The van der Waals surface area contributed by atoms with E-state index >= 15 is 0 Å².